The van der Waals surface area contributed by atoms with Gasteiger partial charge in [-0.05, 0) is 36.7 Å². The van der Waals surface area contributed by atoms with E-state index in [4.69, 9.17) is 16.3 Å². The molecule has 2 aliphatic rings. The van der Waals surface area contributed by atoms with E-state index >= 15 is 0 Å². The fourth-order valence-electron chi connectivity index (χ4n) is 3.72. The highest BCUT2D eigenvalue weighted by Gasteiger charge is 2.64. The Morgan fingerprint density at radius 1 is 1.15 bits per heavy atom. The Morgan fingerprint density at radius 2 is 1.85 bits per heavy atom. The molecule has 3 rings (SSSR count). The van der Waals surface area contributed by atoms with Crippen LogP contribution in [0.4, 0.5) is 0 Å². The molecule has 0 aliphatic heterocycles. The lowest BCUT2D eigenvalue weighted by molar-refractivity contribution is 0.0477. The summed E-state index contributed by atoms with van der Waals surface area (Å²) in [6, 6.07) is 10.5. The molecule has 1 unspecified atom stereocenters. The maximum Gasteiger partial charge on any atom is 0.0929 e. The van der Waals surface area contributed by atoms with Crippen LogP contribution >= 0.6 is 11.6 Å². The van der Waals surface area contributed by atoms with Gasteiger partial charge in [-0.15, -0.1) is 11.6 Å². The third-order valence-corrected chi connectivity index (χ3v) is 5.05. The van der Waals surface area contributed by atoms with Crippen molar-refractivity contribution in [2.24, 2.45) is 11.8 Å². The van der Waals surface area contributed by atoms with Crippen molar-refractivity contribution in [3.63, 3.8) is 0 Å². The van der Waals surface area contributed by atoms with Gasteiger partial charge in [0, 0.05) is 12.5 Å². The highest BCUT2D eigenvalue weighted by Crippen LogP contribution is 2.62. The minimum Gasteiger partial charge on any atom is -0.370 e. The van der Waals surface area contributed by atoms with Gasteiger partial charge in [0.05, 0.1) is 5.60 Å². The average molecular weight is 291 g/mol. The highest BCUT2D eigenvalue weighted by molar-refractivity contribution is 6.17. The van der Waals surface area contributed by atoms with Crippen molar-refractivity contribution in [3.05, 3.63) is 42.0 Å². The lowest BCUT2D eigenvalue weighted by Gasteiger charge is -2.15. The van der Waals surface area contributed by atoms with E-state index in [1.54, 1.807) is 0 Å². The van der Waals surface area contributed by atoms with Gasteiger partial charge < -0.3 is 4.74 Å². The van der Waals surface area contributed by atoms with E-state index < -0.39 is 0 Å². The van der Waals surface area contributed by atoms with Crippen LogP contribution in [0, 0.1) is 11.8 Å². The number of hydrogen-bond acceptors (Lipinski definition) is 1. The molecular weight excluding hydrogens is 268 g/mol. The molecule has 2 fully saturated rings. The van der Waals surface area contributed by atoms with Crippen LogP contribution in [-0.4, -0.2) is 18.1 Å². The van der Waals surface area contributed by atoms with Crippen LogP contribution in [0.25, 0.3) is 6.08 Å². The molecule has 3 atom stereocenters. The summed E-state index contributed by atoms with van der Waals surface area (Å²) in [5.74, 6) is 2.17. The molecule has 0 saturated heterocycles. The summed E-state index contributed by atoms with van der Waals surface area (Å²) < 4.78 is 6.28. The monoisotopic (exact) mass is 290 g/mol. The zero-order valence-corrected chi connectivity index (χ0v) is 12.7. The third-order valence-electron chi connectivity index (χ3n) is 4.78. The summed E-state index contributed by atoms with van der Waals surface area (Å²) in [7, 11) is 0. The number of alkyl halides is 1. The van der Waals surface area contributed by atoms with Crippen LogP contribution in [0.15, 0.2) is 36.4 Å². The molecule has 0 heterocycles. The molecule has 1 aromatic carbocycles. The number of fused-ring (bicyclic) bond motifs is 1. The first-order valence-corrected chi connectivity index (χ1v) is 8.34. The van der Waals surface area contributed by atoms with E-state index in [2.05, 4.69) is 42.5 Å². The quantitative estimate of drug-likeness (QED) is 0.534. The smallest absolute Gasteiger partial charge is 0.0929 e. The van der Waals surface area contributed by atoms with Crippen LogP contribution in [0.2, 0.25) is 0 Å². The lowest BCUT2D eigenvalue weighted by atomic mass is 10.0. The summed E-state index contributed by atoms with van der Waals surface area (Å²) in [6.07, 6.45) is 10.9. The Balaban J connectivity index is 1.72. The van der Waals surface area contributed by atoms with E-state index in [1.165, 1.54) is 31.2 Å². The summed E-state index contributed by atoms with van der Waals surface area (Å²) in [5, 5.41) is 0. The van der Waals surface area contributed by atoms with Gasteiger partial charge in [-0.3, -0.25) is 0 Å². The van der Waals surface area contributed by atoms with Crippen molar-refractivity contribution in [2.75, 3.05) is 12.5 Å². The number of rotatable bonds is 6. The van der Waals surface area contributed by atoms with Crippen LogP contribution in [0.5, 0.6) is 0 Å². The van der Waals surface area contributed by atoms with Crippen LogP contribution in [-0.2, 0) is 4.74 Å². The SMILES string of the molecule is ClCCCOC1(/C=C/c2ccccc2)[C@@H]2CCCC[C@@H]21. The number of benzene rings is 1. The first-order valence-electron chi connectivity index (χ1n) is 7.81. The third kappa shape index (κ3) is 2.80. The second-order valence-corrected chi connectivity index (χ2v) is 6.36. The van der Waals surface area contributed by atoms with E-state index in [0.717, 1.165) is 24.9 Å². The molecule has 0 bridgehead atoms. The van der Waals surface area contributed by atoms with Crippen LogP contribution in [0.3, 0.4) is 0 Å². The summed E-state index contributed by atoms with van der Waals surface area (Å²) in [4.78, 5) is 0. The van der Waals surface area contributed by atoms with E-state index in [9.17, 15) is 0 Å². The molecule has 0 N–H and O–H groups in total. The molecule has 0 aromatic heterocycles. The molecule has 20 heavy (non-hydrogen) atoms. The molecule has 2 saturated carbocycles. The minimum absolute atomic E-state index is 0.0123. The Bertz CT molecular complexity index is 442. The maximum absolute atomic E-state index is 6.28. The van der Waals surface area contributed by atoms with Gasteiger partial charge >= 0.3 is 0 Å². The molecule has 2 heteroatoms. The van der Waals surface area contributed by atoms with E-state index in [0.29, 0.717) is 5.88 Å². The molecule has 0 amide bonds. The van der Waals surface area contributed by atoms with E-state index in [-0.39, 0.29) is 5.60 Å². The fourth-order valence-corrected chi connectivity index (χ4v) is 3.83. The lowest BCUT2D eigenvalue weighted by Crippen LogP contribution is -2.17. The fraction of sp³-hybridized carbons (Fsp3) is 0.556. The summed E-state index contributed by atoms with van der Waals surface area (Å²) >= 11 is 5.78. The van der Waals surface area contributed by atoms with Gasteiger partial charge in [0.2, 0.25) is 0 Å². The van der Waals surface area contributed by atoms with Crippen molar-refractivity contribution >= 4 is 17.7 Å². The molecular formula is C18H23ClO. The minimum atomic E-state index is 0.0123. The molecule has 2 aliphatic carbocycles. The first kappa shape index (κ1) is 14.2. The van der Waals surface area contributed by atoms with E-state index in [1.807, 2.05) is 0 Å². The summed E-state index contributed by atoms with van der Waals surface area (Å²) in [5.41, 5.74) is 1.27. The second kappa shape index (κ2) is 6.32. The zero-order valence-electron chi connectivity index (χ0n) is 11.9. The van der Waals surface area contributed by atoms with Gasteiger partial charge in [0.25, 0.3) is 0 Å². The average Bonchev–Trinajstić information content (AvgIpc) is 3.15. The zero-order chi connectivity index (χ0) is 13.8. The molecule has 108 valence electrons. The number of ether oxygens (including phenoxy) is 1. The standard InChI is InChI=1S/C18H23ClO/c19-13-6-14-20-18(16-9-4-5-10-17(16)18)12-11-15-7-2-1-3-8-15/h1-3,7-8,11-12,16-17H,4-6,9-10,13-14H2/b12-11+/t16-,17+,18?. The molecule has 0 radical (unpaired) electrons. The van der Waals surface area contributed by atoms with Gasteiger partial charge in [-0.25, -0.2) is 0 Å². The van der Waals surface area contributed by atoms with Crippen molar-refractivity contribution in [1.82, 2.24) is 0 Å². The van der Waals surface area contributed by atoms with Crippen molar-refractivity contribution in [2.45, 2.75) is 37.7 Å². The predicted molar refractivity (Wildman–Crippen MR) is 84.9 cm³/mol. The van der Waals surface area contributed by atoms with Gasteiger partial charge in [-0.1, -0.05) is 55.3 Å². The molecule has 0 spiro atoms. The second-order valence-electron chi connectivity index (χ2n) is 5.99. The van der Waals surface area contributed by atoms with Crippen molar-refractivity contribution in [3.8, 4) is 0 Å². The first-order chi connectivity index (χ1) is 9.87. The topological polar surface area (TPSA) is 9.23 Å². The Morgan fingerprint density at radius 3 is 2.50 bits per heavy atom. The van der Waals surface area contributed by atoms with Gasteiger partial charge in [-0.2, -0.15) is 0 Å². The largest absolute Gasteiger partial charge is 0.370 e. The number of halogens is 1. The maximum atomic E-state index is 6.28. The van der Waals surface area contributed by atoms with Crippen LogP contribution in [0.1, 0.15) is 37.7 Å². The van der Waals surface area contributed by atoms with Gasteiger partial charge in [0.15, 0.2) is 0 Å². The molecule has 1 aromatic rings. The summed E-state index contributed by atoms with van der Waals surface area (Å²) in [6.45, 7) is 0.787. The Labute approximate surface area is 127 Å². The van der Waals surface area contributed by atoms with Crippen molar-refractivity contribution in [1.29, 1.82) is 0 Å². The predicted octanol–water partition coefficient (Wildman–Crippen LogP) is 4.90. The van der Waals surface area contributed by atoms with Crippen LogP contribution < -0.4 is 0 Å². The Hall–Kier alpha value is -0.790. The highest BCUT2D eigenvalue weighted by atomic mass is 35.5. The molecule has 1 nitrogen and oxygen atoms in total. The van der Waals surface area contributed by atoms with Gasteiger partial charge in [0.1, 0.15) is 0 Å². The van der Waals surface area contributed by atoms with Crippen molar-refractivity contribution < 1.29 is 4.74 Å². The Kier molecular flexibility index (Phi) is 4.48. The normalized spacial score (nSPS) is 32.2. The number of hydrogen-bond donors (Lipinski definition) is 0.